The molecule has 1 unspecified atom stereocenters. The average Bonchev–Trinajstić information content (AvgIpc) is 2.74. The third-order valence-corrected chi connectivity index (χ3v) is 4.95. The molecule has 0 fully saturated rings. The molecular formula is C25H21NO. The minimum Gasteiger partial charge on any atom is -0.507 e. The van der Waals surface area contributed by atoms with E-state index in [2.05, 4.69) is 48.3 Å². The smallest absolute Gasteiger partial charge is 0.123 e. The van der Waals surface area contributed by atoms with E-state index in [1.165, 1.54) is 0 Å². The van der Waals surface area contributed by atoms with Crippen LogP contribution in [-0.2, 0) is 0 Å². The van der Waals surface area contributed by atoms with Gasteiger partial charge in [0, 0.05) is 23.4 Å². The summed E-state index contributed by atoms with van der Waals surface area (Å²) in [5.74, 6) is 0.389. The van der Waals surface area contributed by atoms with Crippen LogP contribution in [0.2, 0.25) is 0 Å². The molecular weight excluding hydrogens is 330 g/mol. The lowest BCUT2D eigenvalue weighted by atomic mass is 9.84. The zero-order valence-corrected chi connectivity index (χ0v) is 15.2. The molecule has 1 N–H and O–H groups in total. The van der Waals surface area contributed by atoms with Crippen LogP contribution in [0.5, 0.6) is 5.75 Å². The van der Waals surface area contributed by atoms with Gasteiger partial charge >= 0.3 is 0 Å². The Bertz CT molecular complexity index is 1040. The molecule has 0 spiro atoms. The van der Waals surface area contributed by atoms with Crippen LogP contribution >= 0.6 is 0 Å². The number of aromatic nitrogens is 1. The fraction of sp³-hybridized carbons (Fsp3) is 0.0800. The summed E-state index contributed by atoms with van der Waals surface area (Å²) in [6.45, 7) is 2.16. The molecule has 4 aromatic rings. The second-order valence-electron chi connectivity index (χ2n) is 6.63. The van der Waals surface area contributed by atoms with E-state index in [9.17, 15) is 5.11 Å². The second-order valence-corrected chi connectivity index (χ2v) is 6.63. The van der Waals surface area contributed by atoms with Crippen molar-refractivity contribution in [3.05, 3.63) is 108 Å². The molecule has 27 heavy (non-hydrogen) atoms. The monoisotopic (exact) mass is 351 g/mol. The number of phenols is 1. The number of benzene rings is 3. The number of rotatable bonds is 4. The first-order chi connectivity index (χ1) is 13.3. The largest absolute Gasteiger partial charge is 0.507 e. The maximum atomic E-state index is 10.6. The fourth-order valence-corrected chi connectivity index (χ4v) is 3.57. The quantitative estimate of drug-likeness (QED) is 0.470. The molecule has 4 rings (SSSR count). The van der Waals surface area contributed by atoms with Crippen molar-refractivity contribution in [3.63, 3.8) is 0 Å². The Morgan fingerprint density at radius 1 is 0.704 bits per heavy atom. The molecule has 0 bridgehead atoms. The summed E-state index contributed by atoms with van der Waals surface area (Å²) in [6, 6.07) is 30.2. The van der Waals surface area contributed by atoms with E-state index in [0.717, 1.165) is 33.5 Å². The highest BCUT2D eigenvalue weighted by Crippen LogP contribution is 2.42. The van der Waals surface area contributed by atoms with Crippen molar-refractivity contribution in [1.82, 2.24) is 4.98 Å². The molecule has 0 saturated carbocycles. The summed E-state index contributed by atoms with van der Waals surface area (Å²) in [7, 11) is 0. The zero-order chi connectivity index (χ0) is 18.6. The summed E-state index contributed by atoms with van der Waals surface area (Å²) in [5, 5.41) is 10.6. The zero-order valence-electron chi connectivity index (χ0n) is 15.2. The van der Waals surface area contributed by atoms with Crippen molar-refractivity contribution in [1.29, 1.82) is 0 Å². The van der Waals surface area contributed by atoms with Gasteiger partial charge in [-0.2, -0.15) is 0 Å². The lowest BCUT2D eigenvalue weighted by Gasteiger charge is -2.21. The first-order valence-corrected chi connectivity index (χ1v) is 9.13. The van der Waals surface area contributed by atoms with Crippen LogP contribution in [0.1, 0.15) is 24.1 Å². The van der Waals surface area contributed by atoms with Crippen molar-refractivity contribution in [3.8, 4) is 28.0 Å². The van der Waals surface area contributed by atoms with E-state index in [4.69, 9.17) is 0 Å². The predicted molar refractivity (Wildman–Crippen MR) is 111 cm³/mol. The highest BCUT2D eigenvalue weighted by atomic mass is 16.3. The third kappa shape index (κ3) is 3.34. The Hall–Kier alpha value is -3.39. The van der Waals surface area contributed by atoms with Crippen molar-refractivity contribution >= 4 is 0 Å². The summed E-state index contributed by atoms with van der Waals surface area (Å²) < 4.78 is 0. The fourth-order valence-electron chi connectivity index (χ4n) is 3.57. The van der Waals surface area contributed by atoms with Crippen LogP contribution in [0, 0.1) is 0 Å². The van der Waals surface area contributed by atoms with E-state index in [1.54, 1.807) is 6.07 Å². The molecule has 0 aliphatic carbocycles. The average molecular weight is 351 g/mol. The number of para-hydroxylation sites is 1. The van der Waals surface area contributed by atoms with Gasteiger partial charge in [-0.1, -0.05) is 79.7 Å². The van der Waals surface area contributed by atoms with Crippen LogP contribution < -0.4 is 0 Å². The summed E-state index contributed by atoms with van der Waals surface area (Å²) in [5.41, 5.74) is 6.30. The second kappa shape index (κ2) is 7.46. The summed E-state index contributed by atoms with van der Waals surface area (Å²) in [6.07, 6.45) is 1.83. The van der Waals surface area contributed by atoms with Crippen LogP contribution in [0.4, 0.5) is 0 Å². The molecule has 0 saturated heterocycles. The van der Waals surface area contributed by atoms with Crippen LogP contribution in [0.15, 0.2) is 97.2 Å². The number of nitrogens with zero attached hydrogens (tertiary/aromatic N) is 1. The Morgan fingerprint density at radius 2 is 1.41 bits per heavy atom. The maximum absolute atomic E-state index is 10.6. The van der Waals surface area contributed by atoms with Crippen molar-refractivity contribution < 1.29 is 5.11 Å². The molecule has 0 amide bonds. The highest BCUT2D eigenvalue weighted by molar-refractivity contribution is 5.88. The van der Waals surface area contributed by atoms with Crippen LogP contribution in [0.25, 0.3) is 22.3 Å². The van der Waals surface area contributed by atoms with E-state index in [-0.39, 0.29) is 11.7 Å². The molecule has 0 aliphatic heterocycles. The minimum atomic E-state index is 0.101. The molecule has 2 heteroatoms. The molecule has 3 aromatic carbocycles. The lowest BCUT2D eigenvalue weighted by molar-refractivity contribution is 0.477. The Kier molecular flexibility index (Phi) is 4.71. The molecule has 132 valence electrons. The van der Waals surface area contributed by atoms with E-state index < -0.39 is 0 Å². The molecule has 0 radical (unpaired) electrons. The number of hydrogen-bond acceptors (Lipinski definition) is 2. The van der Waals surface area contributed by atoms with E-state index in [1.807, 2.05) is 54.7 Å². The minimum absolute atomic E-state index is 0.101. The molecule has 2 nitrogen and oxygen atoms in total. The molecule has 1 aromatic heterocycles. The van der Waals surface area contributed by atoms with Gasteiger partial charge in [-0.25, -0.2) is 0 Å². The topological polar surface area (TPSA) is 33.1 Å². The molecule has 1 heterocycles. The predicted octanol–water partition coefficient (Wildman–Crippen LogP) is 6.27. The lowest BCUT2D eigenvalue weighted by Crippen LogP contribution is -2.02. The first-order valence-electron chi connectivity index (χ1n) is 9.13. The van der Waals surface area contributed by atoms with Gasteiger partial charge < -0.3 is 5.11 Å². The van der Waals surface area contributed by atoms with Crippen molar-refractivity contribution in [2.24, 2.45) is 0 Å². The normalized spacial score (nSPS) is 11.9. The van der Waals surface area contributed by atoms with Gasteiger partial charge in [-0.3, -0.25) is 4.98 Å². The Morgan fingerprint density at radius 3 is 2.15 bits per heavy atom. The van der Waals surface area contributed by atoms with E-state index >= 15 is 0 Å². The van der Waals surface area contributed by atoms with Crippen LogP contribution in [0.3, 0.4) is 0 Å². The molecule has 1 atom stereocenters. The number of aromatic hydroxyl groups is 1. The van der Waals surface area contributed by atoms with Crippen LogP contribution in [-0.4, -0.2) is 10.1 Å². The van der Waals surface area contributed by atoms with Gasteiger partial charge in [0.15, 0.2) is 0 Å². The Balaban J connectivity index is 1.98. The highest BCUT2D eigenvalue weighted by Gasteiger charge is 2.20. The third-order valence-electron chi connectivity index (χ3n) is 4.95. The number of hydrogen-bond donors (Lipinski definition) is 1. The summed E-state index contributed by atoms with van der Waals surface area (Å²) >= 11 is 0. The van der Waals surface area contributed by atoms with Gasteiger partial charge in [0.25, 0.3) is 0 Å². The number of phenolic OH excluding ortho intramolecular Hbond substituents is 1. The number of pyridine rings is 1. The van der Waals surface area contributed by atoms with Gasteiger partial charge in [-0.05, 0) is 40.5 Å². The van der Waals surface area contributed by atoms with Crippen molar-refractivity contribution in [2.75, 3.05) is 0 Å². The Labute approximate surface area is 159 Å². The van der Waals surface area contributed by atoms with Gasteiger partial charge in [0.1, 0.15) is 5.75 Å². The van der Waals surface area contributed by atoms with Crippen molar-refractivity contribution in [2.45, 2.75) is 12.8 Å². The van der Waals surface area contributed by atoms with Gasteiger partial charge in [0.2, 0.25) is 0 Å². The first kappa shape index (κ1) is 17.0. The molecule has 0 aliphatic rings. The SMILES string of the molecule is CC(c1ccccn1)c1cccc(-c2ccccc2)c1-c1ccccc1O. The standard InChI is InChI=1S/C25H21NO/c1-18(23-15-7-8-17-26-23)20-13-9-14-21(19-10-3-2-4-11-19)25(20)22-12-5-6-16-24(22)27/h2-18,27H,1H3. The maximum Gasteiger partial charge on any atom is 0.123 e. The summed E-state index contributed by atoms with van der Waals surface area (Å²) in [4.78, 5) is 4.55. The van der Waals surface area contributed by atoms with Gasteiger partial charge in [-0.15, -0.1) is 0 Å². The van der Waals surface area contributed by atoms with E-state index in [0.29, 0.717) is 0 Å². The van der Waals surface area contributed by atoms with Gasteiger partial charge in [0.05, 0.1) is 0 Å².